The van der Waals surface area contributed by atoms with Crippen LogP contribution in [0.3, 0.4) is 0 Å². The van der Waals surface area contributed by atoms with E-state index in [1.165, 1.54) is 6.92 Å². The first-order chi connectivity index (χ1) is 13.5. The summed E-state index contributed by atoms with van der Waals surface area (Å²) in [4.78, 5) is 50.0. The number of hydrogen-bond acceptors (Lipinski definition) is 7. The van der Waals surface area contributed by atoms with Crippen molar-refractivity contribution in [2.24, 2.45) is 11.7 Å². The van der Waals surface area contributed by atoms with Crippen LogP contribution in [-0.4, -0.2) is 81.4 Å². The molecule has 11 heteroatoms. The summed E-state index contributed by atoms with van der Waals surface area (Å²) in [5, 5.41) is 24.2. The van der Waals surface area contributed by atoms with Gasteiger partial charge in [-0.25, -0.2) is 4.79 Å². The van der Waals surface area contributed by atoms with E-state index in [-0.39, 0.29) is 18.2 Å². The third-order valence-electron chi connectivity index (χ3n) is 4.74. The van der Waals surface area contributed by atoms with Gasteiger partial charge in [-0.2, -0.15) is 12.6 Å². The SMILES string of the molecule is CC(C)CC(N)C(=O)NC(CS)C(=O)NC(C(=O)N1CCCC1C(=O)O)C(C)O. The maximum absolute atomic E-state index is 12.8. The number of nitrogens with zero attached hydrogens (tertiary/aromatic N) is 1. The summed E-state index contributed by atoms with van der Waals surface area (Å²) >= 11 is 4.07. The molecule has 3 amide bonds. The number of aliphatic hydroxyl groups excluding tert-OH is 1. The fourth-order valence-corrected chi connectivity index (χ4v) is 3.45. The molecule has 0 bridgehead atoms. The standard InChI is InChI=1S/C18H32N4O6S/c1-9(2)7-11(19)15(24)20-12(8-29)16(25)21-14(10(3)23)17(26)22-6-4-5-13(22)18(27)28/h9-14,23,29H,4-8,19H2,1-3H3,(H,20,24)(H,21,25)(H,27,28). The number of thiol groups is 1. The van der Waals surface area contributed by atoms with Crippen LogP contribution in [0.1, 0.15) is 40.0 Å². The number of carboxylic acids is 1. The second kappa shape index (κ2) is 11.4. The molecule has 1 fully saturated rings. The molecule has 1 saturated heterocycles. The normalized spacial score (nSPS) is 20.7. The smallest absolute Gasteiger partial charge is 0.326 e. The average Bonchev–Trinajstić information content (AvgIpc) is 3.12. The highest BCUT2D eigenvalue weighted by Crippen LogP contribution is 2.19. The maximum Gasteiger partial charge on any atom is 0.326 e. The molecule has 5 unspecified atom stereocenters. The van der Waals surface area contributed by atoms with Gasteiger partial charge in [0.1, 0.15) is 18.1 Å². The Hall–Kier alpha value is -1.85. The van der Waals surface area contributed by atoms with Crippen molar-refractivity contribution >= 4 is 36.3 Å². The summed E-state index contributed by atoms with van der Waals surface area (Å²) in [6.45, 7) is 5.38. The van der Waals surface area contributed by atoms with Crippen molar-refractivity contribution in [1.29, 1.82) is 0 Å². The summed E-state index contributed by atoms with van der Waals surface area (Å²) in [5.41, 5.74) is 5.82. The molecule has 0 aromatic carbocycles. The van der Waals surface area contributed by atoms with Crippen LogP contribution >= 0.6 is 12.6 Å². The Morgan fingerprint density at radius 2 is 1.79 bits per heavy atom. The van der Waals surface area contributed by atoms with E-state index < -0.39 is 54.0 Å². The molecule has 10 nitrogen and oxygen atoms in total. The van der Waals surface area contributed by atoms with Gasteiger partial charge in [-0.3, -0.25) is 14.4 Å². The molecule has 1 aliphatic heterocycles. The van der Waals surface area contributed by atoms with Crippen molar-refractivity contribution in [2.75, 3.05) is 12.3 Å². The highest BCUT2D eigenvalue weighted by molar-refractivity contribution is 7.80. The maximum atomic E-state index is 12.8. The average molecular weight is 433 g/mol. The van der Waals surface area contributed by atoms with Crippen LogP contribution in [0.15, 0.2) is 0 Å². The highest BCUT2D eigenvalue weighted by Gasteiger charge is 2.39. The minimum Gasteiger partial charge on any atom is -0.480 e. The Kier molecular flexibility index (Phi) is 9.87. The summed E-state index contributed by atoms with van der Waals surface area (Å²) in [5.74, 6) is -2.90. The predicted octanol–water partition coefficient (Wildman–Crippen LogP) is -1.28. The van der Waals surface area contributed by atoms with E-state index in [2.05, 4.69) is 23.3 Å². The predicted molar refractivity (Wildman–Crippen MR) is 109 cm³/mol. The number of rotatable bonds is 10. The number of aliphatic carboxylic acids is 1. The molecule has 29 heavy (non-hydrogen) atoms. The molecule has 0 spiro atoms. The van der Waals surface area contributed by atoms with Crippen molar-refractivity contribution in [3.8, 4) is 0 Å². The third kappa shape index (κ3) is 7.16. The van der Waals surface area contributed by atoms with Gasteiger partial charge in [-0.05, 0) is 32.1 Å². The molecule has 166 valence electrons. The third-order valence-corrected chi connectivity index (χ3v) is 5.11. The molecule has 0 radical (unpaired) electrons. The zero-order valence-corrected chi connectivity index (χ0v) is 17.9. The number of carbonyl (C=O) groups is 4. The van der Waals surface area contributed by atoms with Crippen LogP contribution in [0.2, 0.25) is 0 Å². The number of carboxylic acid groups (broad SMARTS) is 1. The lowest BCUT2D eigenvalue weighted by Crippen LogP contribution is -2.60. The number of amides is 3. The minimum atomic E-state index is -1.34. The highest BCUT2D eigenvalue weighted by atomic mass is 32.1. The summed E-state index contributed by atoms with van der Waals surface area (Å²) in [6.07, 6.45) is 0.00478. The molecule has 0 saturated carbocycles. The van der Waals surface area contributed by atoms with E-state index in [1.54, 1.807) is 0 Å². The largest absolute Gasteiger partial charge is 0.480 e. The summed E-state index contributed by atoms with van der Waals surface area (Å²) in [7, 11) is 0. The van der Waals surface area contributed by atoms with Gasteiger partial charge in [0, 0.05) is 12.3 Å². The van der Waals surface area contributed by atoms with Crippen LogP contribution in [0.4, 0.5) is 0 Å². The second-order valence-corrected chi connectivity index (χ2v) is 8.10. The van der Waals surface area contributed by atoms with Crippen LogP contribution in [0, 0.1) is 5.92 Å². The molecule has 1 aliphatic rings. The topological polar surface area (TPSA) is 162 Å². The first-order valence-corrected chi connectivity index (χ1v) is 10.3. The number of aliphatic hydroxyl groups is 1. The Bertz CT molecular complexity index is 615. The molecule has 1 rings (SSSR count). The van der Waals surface area contributed by atoms with E-state index in [9.17, 15) is 29.4 Å². The zero-order valence-electron chi connectivity index (χ0n) is 17.0. The van der Waals surface area contributed by atoms with Crippen LogP contribution in [-0.2, 0) is 19.2 Å². The molecule has 1 heterocycles. The van der Waals surface area contributed by atoms with Crippen molar-refractivity contribution < 1.29 is 29.4 Å². The van der Waals surface area contributed by atoms with E-state index in [0.29, 0.717) is 19.3 Å². The van der Waals surface area contributed by atoms with Crippen molar-refractivity contribution in [2.45, 2.75) is 70.3 Å². The van der Waals surface area contributed by atoms with E-state index in [4.69, 9.17) is 5.73 Å². The lowest BCUT2D eigenvalue weighted by atomic mass is 10.0. The first-order valence-electron chi connectivity index (χ1n) is 9.68. The van der Waals surface area contributed by atoms with Crippen molar-refractivity contribution in [3.63, 3.8) is 0 Å². The van der Waals surface area contributed by atoms with Crippen LogP contribution in [0.5, 0.6) is 0 Å². The molecular weight excluding hydrogens is 400 g/mol. The van der Waals surface area contributed by atoms with Gasteiger partial charge in [-0.1, -0.05) is 13.8 Å². The van der Waals surface area contributed by atoms with E-state index in [1.807, 2.05) is 13.8 Å². The molecule has 0 aliphatic carbocycles. The monoisotopic (exact) mass is 432 g/mol. The number of nitrogens with two attached hydrogens (primary N) is 1. The van der Waals surface area contributed by atoms with Gasteiger partial charge in [0.25, 0.3) is 0 Å². The van der Waals surface area contributed by atoms with Crippen LogP contribution in [0.25, 0.3) is 0 Å². The Morgan fingerprint density at radius 3 is 2.28 bits per heavy atom. The molecule has 0 aromatic rings. The Labute approximate surface area is 176 Å². The van der Waals surface area contributed by atoms with Crippen molar-refractivity contribution in [1.82, 2.24) is 15.5 Å². The first kappa shape index (κ1) is 25.2. The Balaban J connectivity index is 2.83. The second-order valence-electron chi connectivity index (χ2n) is 7.73. The lowest BCUT2D eigenvalue weighted by Gasteiger charge is -2.30. The minimum absolute atomic E-state index is 0.0475. The zero-order chi connectivity index (χ0) is 22.3. The van der Waals surface area contributed by atoms with E-state index in [0.717, 1.165) is 4.90 Å². The van der Waals surface area contributed by atoms with Gasteiger partial charge in [0.2, 0.25) is 17.7 Å². The van der Waals surface area contributed by atoms with Gasteiger partial charge < -0.3 is 31.5 Å². The van der Waals surface area contributed by atoms with Gasteiger partial charge in [0.05, 0.1) is 12.1 Å². The number of likely N-dealkylation sites (tertiary alicyclic amines) is 1. The van der Waals surface area contributed by atoms with Crippen LogP contribution < -0.4 is 16.4 Å². The van der Waals surface area contributed by atoms with E-state index >= 15 is 0 Å². The van der Waals surface area contributed by atoms with Gasteiger partial charge in [-0.15, -0.1) is 0 Å². The molecular formula is C18H32N4O6S. The summed E-state index contributed by atoms with van der Waals surface area (Å²) in [6, 6.07) is -4.19. The number of nitrogens with one attached hydrogen (secondary N) is 2. The lowest BCUT2D eigenvalue weighted by molar-refractivity contribution is -0.150. The molecule has 5 atom stereocenters. The summed E-state index contributed by atoms with van der Waals surface area (Å²) < 4.78 is 0. The fraction of sp³-hybridized carbons (Fsp3) is 0.778. The molecule has 0 aromatic heterocycles. The molecule has 6 N–H and O–H groups in total. The number of hydrogen-bond donors (Lipinski definition) is 6. The van der Waals surface area contributed by atoms with Gasteiger partial charge in [0.15, 0.2) is 0 Å². The number of carbonyl (C=O) groups excluding carboxylic acids is 3. The van der Waals surface area contributed by atoms with Gasteiger partial charge >= 0.3 is 5.97 Å². The fourth-order valence-electron chi connectivity index (χ4n) is 3.20. The van der Waals surface area contributed by atoms with Crippen molar-refractivity contribution in [3.05, 3.63) is 0 Å². The quantitative estimate of drug-likeness (QED) is 0.234. The Morgan fingerprint density at radius 1 is 1.17 bits per heavy atom.